The van der Waals surface area contributed by atoms with Gasteiger partial charge in [0.05, 0.1) is 19.8 Å². The quantitative estimate of drug-likeness (QED) is 0.836. The number of nitrogens with zero attached hydrogens (tertiary/aromatic N) is 1. The number of halogens is 1. The largest absolute Gasteiger partial charge is 0.493 e. The van der Waals surface area contributed by atoms with Gasteiger partial charge in [0, 0.05) is 23.0 Å². The van der Waals surface area contributed by atoms with Gasteiger partial charge in [0.25, 0.3) is 0 Å². The molecule has 1 N–H and O–H groups in total. The first-order valence-corrected chi connectivity index (χ1v) is 7.62. The summed E-state index contributed by atoms with van der Waals surface area (Å²) in [6.45, 7) is 2.61. The smallest absolute Gasteiger partial charge is 0.241 e. The van der Waals surface area contributed by atoms with Crippen LogP contribution in [0, 0.1) is 0 Å². The summed E-state index contributed by atoms with van der Waals surface area (Å²) in [5.41, 5.74) is 2.25. The molecule has 2 atom stereocenters. The van der Waals surface area contributed by atoms with E-state index in [9.17, 15) is 4.79 Å². The normalized spacial score (nSPS) is 28.8. The van der Waals surface area contributed by atoms with Crippen molar-refractivity contribution in [3.8, 4) is 5.75 Å². The highest BCUT2D eigenvalue weighted by Gasteiger charge is 2.43. The van der Waals surface area contributed by atoms with Crippen LogP contribution in [0.5, 0.6) is 5.75 Å². The van der Waals surface area contributed by atoms with Gasteiger partial charge >= 0.3 is 0 Å². The number of carbonyl (C=O) groups excluding carboxylic acids is 1. The average molecular weight is 339 g/mol. The molecule has 0 spiro atoms. The zero-order valence-corrected chi connectivity index (χ0v) is 12.5. The lowest BCUT2D eigenvalue weighted by molar-refractivity contribution is -0.125. The number of amides is 1. The van der Waals surface area contributed by atoms with Crippen LogP contribution < -0.4 is 10.1 Å². The van der Waals surface area contributed by atoms with Crippen molar-refractivity contribution in [2.75, 3.05) is 26.4 Å². The minimum Gasteiger partial charge on any atom is -0.493 e. The summed E-state index contributed by atoms with van der Waals surface area (Å²) in [5.74, 6) is 0.979. The molecule has 0 saturated carbocycles. The first kappa shape index (κ1) is 12.6. The summed E-state index contributed by atoms with van der Waals surface area (Å²) in [6, 6.07) is 3.97. The Morgan fingerprint density at radius 2 is 2.25 bits per heavy atom. The maximum absolute atomic E-state index is 12.1. The summed E-state index contributed by atoms with van der Waals surface area (Å²) in [6.07, 6.45) is 0.815. The minimum absolute atomic E-state index is 0.0430. The molecule has 3 heterocycles. The Balaban J connectivity index is 1.76. The van der Waals surface area contributed by atoms with E-state index in [4.69, 9.17) is 9.47 Å². The molecular formula is C14H15BrN2O3. The number of morpholine rings is 1. The van der Waals surface area contributed by atoms with Crippen molar-refractivity contribution in [3.63, 3.8) is 0 Å². The molecule has 4 rings (SSSR count). The van der Waals surface area contributed by atoms with Gasteiger partial charge in [0.2, 0.25) is 5.91 Å². The van der Waals surface area contributed by atoms with Crippen LogP contribution in [0.2, 0.25) is 0 Å². The van der Waals surface area contributed by atoms with Crippen LogP contribution in [-0.4, -0.2) is 43.2 Å². The van der Waals surface area contributed by atoms with Crippen molar-refractivity contribution in [2.45, 2.75) is 18.6 Å². The van der Waals surface area contributed by atoms with Crippen molar-refractivity contribution >= 4 is 21.8 Å². The van der Waals surface area contributed by atoms with Crippen LogP contribution in [0.15, 0.2) is 16.6 Å². The van der Waals surface area contributed by atoms with Crippen molar-refractivity contribution in [1.29, 1.82) is 0 Å². The van der Waals surface area contributed by atoms with Gasteiger partial charge in [-0.3, -0.25) is 9.69 Å². The molecule has 106 valence electrons. The number of ether oxygens (including phenoxy) is 2. The second-order valence-electron chi connectivity index (χ2n) is 5.32. The molecule has 0 aromatic heterocycles. The highest BCUT2D eigenvalue weighted by Crippen LogP contribution is 2.40. The van der Waals surface area contributed by atoms with Gasteiger partial charge in [-0.15, -0.1) is 0 Å². The van der Waals surface area contributed by atoms with E-state index >= 15 is 0 Å². The maximum atomic E-state index is 12.1. The van der Waals surface area contributed by atoms with Crippen LogP contribution in [0.1, 0.15) is 17.3 Å². The van der Waals surface area contributed by atoms with Crippen molar-refractivity contribution < 1.29 is 14.3 Å². The molecule has 6 heteroatoms. The van der Waals surface area contributed by atoms with E-state index in [2.05, 4.69) is 32.2 Å². The molecule has 2 saturated heterocycles. The average Bonchev–Trinajstić information content (AvgIpc) is 3.03. The van der Waals surface area contributed by atoms with Crippen LogP contribution >= 0.6 is 15.9 Å². The summed E-state index contributed by atoms with van der Waals surface area (Å²) in [7, 11) is 0. The molecule has 1 aromatic rings. The molecular weight excluding hydrogens is 324 g/mol. The predicted octanol–water partition coefficient (Wildman–Crippen LogP) is 1.21. The molecule has 2 fully saturated rings. The zero-order chi connectivity index (χ0) is 13.7. The highest BCUT2D eigenvalue weighted by molar-refractivity contribution is 9.10. The Labute approximate surface area is 125 Å². The fourth-order valence-corrected chi connectivity index (χ4v) is 3.75. The molecule has 20 heavy (non-hydrogen) atoms. The van der Waals surface area contributed by atoms with Crippen LogP contribution in [0.3, 0.4) is 0 Å². The predicted molar refractivity (Wildman–Crippen MR) is 75.5 cm³/mol. The molecule has 0 aliphatic carbocycles. The summed E-state index contributed by atoms with van der Waals surface area (Å²) in [4.78, 5) is 14.3. The van der Waals surface area contributed by atoms with Crippen molar-refractivity contribution in [3.05, 3.63) is 27.7 Å². The molecule has 0 unspecified atom stereocenters. The monoisotopic (exact) mass is 338 g/mol. The Morgan fingerprint density at radius 1 is 1.35 bits per heavy atom. The Hall–Kier alpha value is -1.11. The minimum atomic E-state index is -0.176. The fourth-order valence-electron chi connectivity index (χ4n) is 3.22. The molecule has 1 amide bonds. The van der Waals surface area contributed by atoms with E-state index in [1.807, 2.05) is 6.07 Å². The molecule has 0 bridgehead atoms. The van der Waals surface area contributed by atoms with Gasteiger partial charge in [-0.1, -0.05) is 15.9 Å². The van der Waals surface area contributed by atoms with Gasteiger partial charge in [-0.05, 0) is 17.7 Å². The fraction of sp³-hybridized carbons (Fsp3) is 0.500. The molecule has 3 aliphatic rings. The van der Waals surface area contributed by atoms with E-state index in [0.29, 0.717) is 19.8 Å². The standard InChI is InChI=1S/C14H15BrN2O3/c15-9-5-8-1-3-20-12(8)10(6-9)13-16-14(18)11-7-19-4-2-17(11)13/h5-6,11,13H,1-4,7H2,(H,16,18)/t11-,13-/m0/s1. The second-order valence-corrected chi connectivity index (χ2v) is 6.24. The number of fused-ring (bicyclic) bond motifs is 2. The van der Waals surface area contributed by atoms with E-state index in [-0.39, 0.29) is 18.1 Å². The number of carbonyl (C=O) groups is 1. The number of benzene rings is 1. The van der Waals surface area contributed by atoms with E-state index in [1.54, 1.807) is 0 Å². The van der Waals surface area contributed by atoms with Crippen LogP contribution in [0.25, 0.3) is 0 Å². The third-order valence-electron chi connectivity index (χ3n) is 4.15. The van der Waals surface area contributed by atoms with Crippen LogP contribution in [0.4, 0.5) is 0 Å². The topological polar surface area (TPSA) is 50.8 Å². The van der Waals surface area contributed by atoms with E-state index in [1.165, 1.54) is 5.56 Å². The van der Waals surface area contributed by atoms with Gasteiger partial charge < -0.3 is 14.8 Å². The Kier molecular flexibility index (Phi) is 2.98. The Bertz CT molecular complexity index is 578. The third-order valence-corrected chi connectivity index (χ3v) is 4.61. The summed E-state index contributed by atoms with van der Waals surface area (Å²) >= 11 is 3.55. The summed E-state index contributed by atoms with van der Waals surface area (Å²) in [5, 5.41) is 3.08. The van der Waals surface area contributed by atoms with Crippen molar-refractivity contribution in [1.82, 2.24) is 10.2 Å². The van der Waals surface area contributed by atoms with E-state index < -0.39 is 0 Å². The summed E-state index contributed by atoms with van der Waals surface area (Å²) < 4.78 is 12.2. The van der Waals surface area contributed by atoms with E-state index in [0.717, 1.165) is 28.8 Å². The number of hydrogen-bond donors (Lipinski definition) is 1. The molecule has 3 aliphatic heterocycles. The van der Waals surface area contributed by atoms with Gasteiger partial charge in [-0.25, -0.2) is 0 Å². The maximum Gasteiger partial charge on any atom is 0.241 e. The van der Waals surface area contributed by atoms with Crippen LogP contribution in [-0.2, 0) is 16.0 Å². The van der Waals surface area contributed by atoms with Crippen molar-refractivity contribution in [2.24, 2.45) is 0 Å². The highest BCUT2D eigenvalue weighted by atomic mass is 79.9. The molecule has 0 radical (unpaired) electrons. The van der Waals surface area contributed by atoms with Gasteiger partial charge in [0.15, 0.2) is 0 Å². The molecule has 1 aromatic carbocycles. The molecule has 5 nitrogen and oxygen atoms in total. The Morgan fingerprint density at radius 3 is 3.15 bits per heavy atom. The number of rotatable bonds is 1. The SMILES string of the molecule is O=C1N[C@H](c2cc(Br)cc3c2OCC3)N2CCOC[C@@H]12. The van der Waals surface area contributed by atoms with Gasteiger partial charge in [-0.2, -0.15) is 0 Å². The van der Waals surface area contributed by atoms with Gasteiger partial charge in [0.1, 0.15) is 18.0 Å². The first-order valence-electron chi connectivity index (χ1n) is 6.83. The lowest BCUT2D eigenvalue weighted by Crippen LogP contribution is -2.44. The number of hydrogen-bond acceptors (Lipinski definition) is 4. The lowest BCUT2D eigenvalue weighted by Gasteiger charge is -2.32. The second kappa shape index (κ2) is 4.72. The zero-order valence-electron chi connectivity index (χ0n) is 10.9. The number of nitrogens with one attached hydrogen (secondary N) is 1. The third kappa shape index (κ3) is 1.86. The lowest BCUT2D eigenvalue weighted by atomic mass is 10.1. The first-order chi connectivity index (χ1) is 9.74.